The van der Waals surface area contributed by atoms with Crippen molar-refractivity contribution in [3.05, 3.63) is 120 Å². The Bertz CT molecular complexity index is 1520. The summed E-state index contributed by atoms with van der Waals surface area (Å²) in [5.41, 5.74) is 4.55. The summed E-state index contributed by atoms with van der Waals surface area (Å²) >= 11 is 0. The van der Waals surface area contributed by atoms with Crippen LogP contribution in [0.4, 0.5) is 0 Å². The maximum absolute atomic E-state index is 13.1. The first kappa shape index (κ1) is 26.6. The smallest absolute Gasteiger partial charge is 0.349 e. The molecule has 4 aromatic carbocycles. The second kappa shape index (κ2) is 12.2. The number of amides is 2. The van der Waals surface area contributed by atoms with Crippen molar-refractivity contribution in [2.45, 2.75) is 12.2 Å². The van der Waals surface area contributed by atoms with E-state index in [1.807, 2.05) is 12.1 Å². The molecule has 0 heterocycles. The number of hydrogen-bond donors (Lipinski definition) is 3. The highest BCUT2D eigenvalue weighted by molar-refractivity contribution is 6.07. The van der Waals surface area contributed by atoms with Gasteiger partial charge in [0.1, 0.15) is 0 Å². The largest absolute Gasteiger partial charge is 0.478 e. The molecule has 196 valence electrons. The highest BCUT2D eigenvalue weighted by Crippen LogP contribution is 2.18. The molecular weight excluding hydrogens is 504 g/mol. The highest BCUT2D eigenvalue weighted by atomic mass is 16.6. The van der Waals surface area contributed by atoms with Crippen molar-refractivity contribution < 1.29 is 38.6 Å². The van der Waals surface area contributed by atoms with Gasteiger partial charge in [0.15, 0.2) is 0 Å². The average Bonchev–Trinajstić information content (AvgIpc) is 2.97. The minimum absolute atomic E-state index is 0.0153. The first-order valence-corrected chi connectivity index (χ1v) is 11.7. The van der Waals surface area contributed by atoms with Gasteiger partial charge in [-0.15, -0.1) is 0 Å². The summed E-state index contributed by atoms with van der Waals surface area (Å²) in [6.45, 7) is 0. The quantitative estimate of drug-likeness (QED) is 0.234. The van der Waals surface area contributed by atoms with Crippen LogP contribution >= 0.6 is 0 Å². The van der Waals surface area contributed by atoms with Crippen molar-refractivity contribution in [2.75, 3.05) is 0 Å². The molecule has 3 N–H and O–H groups in total. The number of benzene rings is 4. The molecule has 10 heteroatoms. The number of nitrogens with one attached hydrogen (secondary N) is 2. The molecule has 2 atom stereocenters. The number of carboxylic acid groups (broad SMARTS) is 1. The lowest BCUT2D eigenvalue weighted by Gasteiger charge is -2.23. The Kier molecular flexibility index (Phi) is 8.27. The van der Waals surface area contributed by atoms with Gasteiger partial charge in [-0.25, -0.2) is 14.4 Å². The molecule has 0 aliphatic carbocycles. The van der Waals surface area contributed by atoms with Gasteiger partial charge in [0, 0.05) is 5.56 Å². The molecule has 4 rings (SSSR count). The maximum Gasteiger partial charge on any atom is 0.349 e. The second-order valence-electron chi connectivity index (χ2n) is 8.19. The van der Waals surface area contributed by atoms with Crippen LogP contribution in [0.25, 0.3) is 10.8 Å². The fourth-order valence-corrected chi connectivity index (χ4v) is 3.69. The summed E-state index contributed by atoms with van der Waals surface area (Å²) in [7, 11) is 0. The monoisotopic (exact) mass is 526 g/mol. The highest BCUT2D eigenvalue weighted by Gasteiger charge is 2.41. The van der Waals surface area contributed by atoms with Crippen molar-refractivity contribution in [1.82, 2.24) is 10.9 Å². The van der Waals surface area contributed by atoms with Crippen LogP contribution in [0, 0.1) is 0 Å². The van der Waals surface area contributed by atoms with Crippen LogP contribution in [0.3, 0.4) is 0 Å². The van der Waals surface area contributed by atoms with Gasteiger partial charge in [-0.2, -0.15) is 0 Å². The Hall–Kier alpha value is -5.51. The number of esters is 2. The molecule has 0 bridgehead atoms. The van der Waals surface area contributed by atoms with Crippen molar-refractivity contribution >= 4 is 40.5 Å². The molecule has 0 radical (unpaired) electrons. The van der Waals surface area contributed by atoms with E-state index in [1.165, 1.54) is 36.4 Å². The third-order valence-corrected chi connectivity index (χ3v) is 5.60. The van der Waals surface area contributed by atoms with E-state index in [2.05, 4.69) is 10.9 Å². The number of rotatable bonds is 8. The number of ether oxygens (including phenoxy) is 2. The SMILES string of the molecule is O=C(O[C@H](C(=O)O)[C@H](OC(=O)c1ccccc1)C(=O)NNC(=O)c1cccc2ccccc12)c1ccccc1. The van der Waals surface area contributed by atoms with E-state index in [-0.39, 0.29) is 16.7 Å². The van der Waals surface area contributed by atoms with E-state index in [1.54, 1.807) is 54.6 Å². The normalized spacial score (nSPS) is 12.0. The molecule has 0 spiro atoms. The number of fused-ring (bicyclic) bond motifs is 1. The van der Waals surface area contributed by atoms with Crippen LogP contribution in [0.5, 0.6) is 0 Å². The zero-order valence-electron chi connectivity index (χ0n) is 20.3. The Morgan fingerprint density at radius 3 is 1.69 bits per heavy atom. The Balaban J connectivity index is 1.57. The maximum atomic E-state index is 13.1. The van der Waals surface area contributed by atoms with Gasteiger partial charge in [-0.05, 0) is 41.1 Å². The molecule has 0 saturated heterocycles. The molecule has 39 heavy (non-hydrogen) atoms. The fourth-order valence-electron chi connectivity index (χ4n) is 3.69. The summed E-state index contributed by atoms with van der Waals surface area (Å²) in [6.07, 6.45) is -4.39. The zero-order chi connectivity index (χ0) is 27.8. The van der Waals surface area contributed by atoms with Crippen LogP contribution in [0.2, 0.25) is 0 Å². The van der Waals surface area contributed by atoms with Crippen LogP contribution in [-0.2, 0) is 19.1 Å². The number of hydrazine groups is 1. The topological polar surface area (TPSA) is 148 Å². The van der Waals surface area contributed by atoms with Gasteiger partial charge in [0.2, 0.25) is 12.2 Å². The number of carbonyl (C=O) groups excluding carboxylic acids is 4. The van der Waals surface area contributed by atoms with Gasteiger partial charge in [-0.1, -0.05) is 72.8 Å². The zero-order valence-corrected chi connectivity index (χ0v) is 20.3. The van der Waals surface area contributed by atoms with Crippen molar-refractivity contribution in [3.63, 3.8) is 0 Å². The predicted molar refractivity (Wildman–Crippen MR) is 138 cm³/mol. The number of carboxylic acids is 1. The number of carbonyl (C=O) groups is 5. The third-order valence-electron chi connectivity index (χ3n) is 5.60. The van der Waals surface area contributed by atoms with Crippen molar-refractivity contribution in [2.24, 2.45) is 0 Å². The molecular formula is C29H22N2O8. The number of hydrogen-bond acceptors (Lipinski definition) is 7. The summed E-state index contributed by atoms with van der Waals surface area (Å²) < 4.78 is 10.3. The molecule has 4 aromatic rings. The molecule has 0 saturated carbocycles. The molecule has 0 unspecified atom stereocenters. The first-order valence-electron chi connectivity index (χ1n) is 11.7. The minimum Gasteiger partial charge on any atom is -0.478 e. The van der Waals surface area contributed by atoms with E-state index < -0.39 is 41.9 Å². The third kappa shape index (κ3) is 6.44. The van der Waals surface area contributed by atoms with Crippen LogP contribution in [0.1, 0.15) is 31.1 Å². The molecule has 10 nitrogen and oxygen atoms in total. The summed E-state index contributed by atoms with van der Waals surface area (Å²) in [4.78, 5) is 63.4. The van der Waals surface area contributed by atoms with Crippen LogP contribution in [0.15, 0.2) is 103 Å². The van der Waals surface area contributed by atoms with E-state index in [0.717, 1.165) is 5.39 Å². The molecule has 2 amide bonds. The lowest BCUT2D eigenvalue weighted by Crippen LogP contribution is -2.54. The van der Waals surface area contributed by atoms with E-state index in [9.17, 15) is 29.1 Å². The lowest BCUT2D eigenvalue weighted by molar-refractivity contribution is -0.159. The standard InChI is InChI=1S/C29H22N2O8/c32-25(22-17-9-15-18-10-7-8-16-21(18)22)30-31-26(33)23(38-28(36)19-11-3-1-4-12-19)24(27(34)35)39-29(37)20-13-5-2-6-14-20/h1-17,23-24H,(H,30,32)(H,31,33)(H,34,35)/t23-,24-/m0/s1. The van der Waals surface area contributed by atoms with Gasteiger partial charge in [0.25, 0.3) is 11.8 Å². The Morgan fingerprint density at radius 1 is 0.590 bits per heavy atom. The Morgan fingerprint density at radius 2 is 1.10 bits per heavy atom. The van der Waals surface area contributed by atoms with Gasteiger partial charge >= 0.3 is 17.9 Å². The van der Waals surface area contributed by atoms with Gasteiger partial charge < -0.3 is 14.6 Å². The van der Waals surface area contributed by atoms with Gasteiger partial charge in [-0.3, -0.25) is 20.4 Å². The molecule has 0 aromatic heterocycles. The average molecular weight is 527 g/mol. The Labute approximate surface area is 222 Å². The van der Waals surface area contributed by atoms with Crippen molar-refractivity contribution in [1.29, 1.82) is 0 Å². The second-order valence-corrected chi connectivity index (χ2v) is 8.19. The van der Waals surface area contributed by atoms with Crippen LogP contribution < -0.4 is 10.9 Å². The lowest BCUT2D eigenvalue weighted by atomic mass is 10.0. The molecule has 0 aliphatic rings. The van der Waals surface area contributed by atoms with Crippen molar-refractivity contribution in [3.8, 4) is 0 Å². The van der Waals surface area contributed by atoms with E-state index in [0.29, 0.717) is 5.39 Å². The van der Waals surface area contributed by atoms with Crippen LogP contribution in [-0.4, -0.2) is 47.0 Å². The first-order chi connectivity index (χ1) is 18.8. The predicted octanol–water partition coefficient (Wildman–Crippen LogP) is 3.14. The summed E-state index contributed by atoms with van der Waals surface area (Å²) in [6, 6.07) is 27.1. The fraction of sp³-hybridized carbons (Fsp3) is 0.0690. The summed E-state index contributed by atoms with van der Waals surface area (Å²) in [5, 5.41) is 11.2. The molecule has 0 fully saturated rings. The minimum atomic E-state index is -2.24. The molecule has 0 aliphatic heterocycles. The van der Waals surface area contributed by atoms with E-state index in [4.69, 9.17) is 9.47 Å². The number of aliphatic carboxylic acids is 1. The summed E-state index contributed by atoms with van der Waals surface area (Å²) in [5.74, 6) is -5.79. The van der Waals surface area contributed by atoms with Gasteiger partial charge in [0.05, 0.1) is 11.1 Å². The van der Waals surface area contributed by atoms with E-state index >= 15 is 0 Å².